The van der Waals surface area contributed by atoms with E-state index in [1.165, 1.54) is 12.5 Å². The highest BCUT2D eigenvalue weighted by molar-refractivity contribution is 8.03. The predicted molar refractivity (Wildman–Crippen MR) is 128 cm³/mol. The van der Waals surface area contributed by atoms with Crippen molar-refractivity contribution in [3.8, 4) is 11.8 Å². The molecule has 0 N–H and O–H groups in total. The number of nitriles is 1. The Morgan fingerprint density at radius 3 is 2.59 bits per heavy atom. The van der Waals surface area contributed by atoms with E-state index in [1.54, 1.807) is 55.3 Å². The van der Waals surface area contributed by atoms with Gasteiger partial charge in [0, 0.05) is 5.69 Å². The summed E-state index contributed by atoms with van der Waals surface area (Å²) >= 11 is 0.989. The van der Waals surface area contributed by atoms with Gasteiger partial charge in [-0.25, -0.2) is 9.78 Å². The molecule has 2 heterocycles. The van der Waals surface area contributed by atoms with Crippen LogP contribution in [0.2, 0.25) is 0 Å². The maximum absolute atomic E-state index is 13.2. The molecule has 170 valence electrons. The van der Waals surface area contributed by atoms with Crippen LogP contribution in [0.3, 0.4) is 0 Å². The minimum absolute atomic E-state index is 0.116. The van der Waals surface area contributed by atoms with Gasteiger partial charge in [-0.3, -0.25) is 9.69 Å². The minimum atomic E-state index is -0.765. The molecule has 0 unspecified atom stereocenters. The molecule has 34 heavy (non-hydrogen) atoms. The average Bonchev–Trinajstić information content (AvgIpc) is 3.25. The SMILES string of the molecule is CCOC(=O)C(C#N)=C1Sc2c(ncn(N=Cc3ccc(OC)cc3)c2=O)N1c1ccccc1. The van der Waals surface area contributed by atoms with E-state index in [0.717, 1.165) is 22.0 Å². The zero-order chi connectivity index (χ0) is 24.1. The van der Waals surface area contributed by atoms with Crippen molar-refractivity contribution in [3.05, 3.63) is 87.4 Å². The Balaban J connectivity index is 1.79. The Labute approximate surface area is 199 Å². The number of carbonyl (C=O) groups is 1. The number of rotatable bonds is 6. The molecule has 0 saturated carbocycles. The van der Waals surface area contributed by atoms with E-state index >= 15 is 0 Å². The van der Waals surface area contributed by atoms with Crippen LogP contribution in [0.4, 0.5) is 11.5 Å². The van der Waals surface area contributed by atoms with Crippen LogP contribution in [0.1, 0.15) is 12.5 Å². The summed E-state index contributed by atoms with van der Waals surface area (Å²) < 4.78 is 11.3. The fourth-order valence-corrected chi connectivity index (χ4v) is 4.30. The number of fused-ring (bicyclic) bond motifs is 1. The van der Waals surface area contributed by atoms with Crippen LogP contribution in [0.15, 0.2) is 86.3 Å². The molecular weight excluding hydrogens is 454 g/mol. The first kappa shape index (κ1) is 22.8. The molecule has 0 radical (unpaired) electrons. The molecule has 0 saturated heterocycles. The molecule has 1 aliphatic rings. The second-order valence-corrected chi connectivity index (χ2v) is 7.85. The van der Waals surface area contributed by atoms with Crippen molar-refractivity contribution in [3.63, 3.8) is 0 Å². The Morgan fingerprint density at radius 2 is 1.94 bits per heavy atom. The van der Waals surface area contributed by atoms with Crippen LogP contribution < -0.4 is 15.2 Å². The van der Waals surface area contributed by atoms with E-state index < -0.39 is 11.5 Å². The summed E-state index contributed by atoms with van der Waals surface area (Å²) in [5.74, 6) is 0.253. The van der Waals surface area contributed by atoms with E-state index in [9.17, 15) is 14.9 Å². The Bertz CT molecular complexity index is 1380. The van der Waals surface area contributed by atoms with E-state index in [1.807, 2.05) is 24.3 Å². The number of esters is 1. The van der Waals surface area contributed by atoms with E-state index in [-0.39, 0.29) is 22.1 Å². The molecule has 3 aromatic rings. The molecule has 0 fully saturated rings. The lowest BCUT2D eigenvalue weighted by molar-refractivity contribution is -0.138. The number of nitrogens with zero attached hydrogens (tertiary/aromatic N) is 5. The third-order valence-corrected chi connectivity index (χ3v) is 5.92. The number of carbonyl (C=O) groups excluding carboxylic acids is 1. The highest BCUT2D eigenvalue weighted by atomic mass is 32.2. The molecule has 9 nitrogen and oxygen atoms in total. The first-order valence-corrected chi connectivity index (χ1v) is 11.0. The Hall–Kier alpha value is -4.36. The molecule has 0 atom stereocenters. The van der Waals surface area contributed by atoms with Gasteiger partial charge in [-0.15, -0.1) is 0 Å². The molecule has 2 aromatic carbocycles. The van der Waals surface area contributed by atoms with Crippen LogP contribution in [-0.2, 0) is 9.53 Å². The predicted octanol–water partition coefficient (Wildman–Crippen LogP) is 3.68. The van der Waals surface area contributed by atoms with Gasteiger partial charge < -0.3 is 9.47 Å². The average molecular weight is 474 g/mol. The summed E-state index contributed by atoms with van der Waals surface area (Å²) in [6.07, 6.45) is 2.83. The van der Waals surface area contributed by atoms with Gasteiger partial charge in [-0.2, -0.15) is 15.0 Å². The van der Waals surface area contributed by atoms with Crippen molar-refractivity contribution in [2.24, 2.45) is 5.10 Å². The highest BCUT2D eigenvalue weighted by Crippen LogP contribution is 2.48. The number of benzene rings is 2. The summed E-state index contributed by atoms with van der Waals surface area (Å²) in [6, 6.07) is 18.2. The molecule has 1 aliphatic heterocycles. The molecule has 0 aliphatic carbocycles. The van der Waals surface area contributed by atoms with Crippen LogP contribution in [-0.4, -0.2) is 35.6 Å². The summed E-state index contributed by atoms with van der Waals surface area (Å²) in [4.78, 5) is 32.0. The largest absolute Gasteiger partial charge is 0.497 e. The quantitative estimate of drug-likeness (QED) is 0.231. The summed E-state index contributed by atoms with van der Waals surface area (Å²) in [5.41, 5.74) is 0.770. The number of ether oxygens (including phenoxy) is 2. The third kappa shape index (κ3) is 4.42. The first-order valence-electron chi connectivity index (χ1n) is 10.2. The number of para-hydroxylation sites is 1. The second kappa shape index (κ2) is 10.1. The van der Waals surface area contributed by atoms with Crippen LogP contribution in [0.5, 0.6) is 5.75 Å². The molecule has 0 spiro atoms. The van der Waals surface area contributed by atoms with Crippen LogP contribution >= 0.6 is 11.8 Å². The number of anilines is 2. The van der Waals surface area contributed by atoms with Gasteiger partial charge in [0.15, 0.2) is 11.4 Å². The lowest BCUT2D eigenvalue weighted by atomic mass is 10.2. The lowest BCUT2D eigenvalue weighted by Crippen LogP contribution is -2.21. The van der Waals surface area contributed by atoms with Crippen molar-refractivity contribution < 1.29 is 14.3 Å². The van der Waals surface area contributed by atoms with Gasteiger partial charge in [-0.1, -0.05) is 30.0 Å². The summed E-state index contributed by atoms with van der Waals surface area (Å²) in [7, 11) is 1.58. The monoisotopic (exact) mass is 473 g/mol. The standard InChI is InChI=1S/C24H19N5O4S/c1-3-33-24(31)19(13-25)23-29(17-7-5-4-6-8-17)21-20(34-23)22(30)28(15-26-21)27-14-16-9-11-18(32-2)12-10-16/h4-12,14-15H,3H2,1-2H3. The van der Waals surface area contributed by atoms with Crippen molar-refractivity contribution >= 4 is 35.5 Å². The highest BCUT2D eigenvalue weighted by Gasteiger charge is 2.36. The van der Waals surface area contributed by atoms with Gasteiger partial charge in [0.1, 0.15) is 28.1 Å². The van der Waals surface area contributed by atoms with Crippen molar-refractivity contribution in [2.75, 3.05) is 18.6 Å². The molecular formula is C24H19N5O4S. The third-order valence-electron chi connectivity index (χ3n) is 4.78. The van der Waals surface area contributed by atoms with Gasteiger partial charge in [0.05, 0.1) is 19.9 Å². The topological polar surface area (TPSA) is 110 Å². The molecule has 10 heteroatoms. The fourth-order valence-electron chi connectivity index (χ4n) is 3.17. The van der Waals surface area contributed by atoms with E-state index in [0.29, 0.717) is 17.3 Å². The fraction of sp³-hybridized carbons (Fsp3) is 0.125. The van der Waals surface area contributed by atoms with Crippen molar-refractivity contribution in [1.82, 2.24) is 9.66 Å². The minimum Gasteiger partial charge on any atom is -0.497 e. The molecule has 0 bridgehead atoms. The Kier molecular flexibility index (Phi) is 6.75. The van der Waals surface area contributed by atoms with Crippen molar-refractivity contribution in [2.45, 2.75) is 11.8 Å². The number of hydrogen-bond acceptors (Lipinski definition) is 9. The smallest absolute Gasteiger partial charge is 0.351 e. The molecule has 0 amide bonds. The number of hydrogen-bond donors (Lipinski definition) is 0. The normalized spacial score (nSPS) is 14.0. The molecule has 1 aromatic heterocycles. The second-order valence-electron chi connectivity index (χ2n) is 6.85. The van der Waals surface area contributed by atoms with Gasteiger partial charge in [0.2, 0.25) is 0 Å². The number of aromatic nitrogens is 2. The summed E-state index contributed by atoms with van der Waals surface area (Å²) in [5, 5.41) is 14.2. The van der Waals surface area contributed by atoms with Crippen molar-refractivity contribution in [1.29, 1.82) is 5.26 Å². The number of methoxy groups -OCH3 is 1. The van der Waals surface area contributed by atoms with Gasteiger partial charge in [0.25, 0.3) is 5.56 Å². The first-order chi connectivity index (χ1) is 16.6. The van der Waals surface area contributed by atoms with Crippen LogP contribution in [0, 0.1) is 11.3 Å². The van der Waals surface area contributed by atoms with Gasteiger partial charge in [-0.05, 0) is 48.9 Å². The zero-order valence-corrected chi connectivity index (χ0v) is 19.2. The van der Waals surface area contributed by atoms with E-state index in [4.69, 9.17) is 9.47 Å². The van der Waals surface area contributed by atoms with Gasteiger partial charge >= 0.3 is 5.97 Å². The summed E-state index contributed by atoms with van der Waals surface area (Å²) in [6.45, 7) is 1.77. The van der Waals surface area contributed by atoms with E-state index in [2.05, 4.69) is 10.1 Å². The lowest BCUT2D eigenvalue weighted by Gasteiger charge is -2.20. The number of thioether (sulfide) groups is 1. The van der Waals surface area contributed by atoms with Crippen LogP contribution in [0.25, 0.3) is 0 Å². The maximum Gasteiger partial charge on any atom is 0.351 e. The maximum atomic E-state index is 13.2. The molecule has 4 rings (SSSR count). The Morgan fingerprint density at radius 1 is 1.21 bits per heavy atom. The zero-order valence-electron chi connectivity index (χ0n) is 18.3.